The van der Waals surface area contributed by atoms with Crippen LogP contribution in [-0.4, -0.2) is 38.1 Å². The molecule has 26 heavy (non-hydrogen) atoms. The van der Waals surface area contributed by atoms with Gasteiger partial charge in [0, 0.05) is 17.3 Å². The van der Waals surface area contributed by atoms with Crippen LogP contribution in [0, 0.1) is 5.82 Å². The monoisotopic (exact) mass is 358 g/mol. The summed E-state index contributed by atoms with van der Waals surface area (Å²) in [4.78, 5) is 14.5. The van der Waals surface area contributed by atoms with Gasteiger partial charge in [-0.15, -0.1) is 0 Å². The number of benzene rings is 2. The molecule has 0 aliphatic carbocycles. The number of anilines is 1. The SMILES string of the molecule is COc1ccc(OC)c([C@H]2CCCN2CC(=O)Nc2ccc(F)cc2)c1. The van der Waals surface area contributed by atoms with Gasteiger partial charge in [0.05, 0.1) is 20.8 Å². The van der Waals surface area contributed by atoms with Crippen LogP contribution in [0.4, 0.5) is 10.1 Å². The number of likely N-dealkylation sites (tertiary alicyclic amines) is 1. The number of ether oxygens (including phenoxy) is 2. The number of methoxy groups -OCH3 is 2. The van der Waals surface area contributed by atoms with Crippen LogP contribution in [0.25, 0.3) is 0 Å². The fourth-order valence-corrected chi connectivity index (χ4v) is 3.39. The third-order valence-corrected chi connectivity index (χ3v) is 4.63. The minimum atomic E-state index is -0.326. The number of hydrogen-bond donors (Lipinski definition) is 1. The lowest BCUT2D eigenvalue weighted by Gasteiger charge is -2.26. The molecule has 2 aromatic carbocycles. The molecule has 0 bridgehead atoms. The van der Waals surface area contributed by atoms with Gasteiger partial charge in [-0.05, 0) is 61.9 Å². The summed E-state index contributed by atoms with van der Waals surface area (Å²) in [5.74, 6) is 1.11. The van der Waals surface area contributed by atoms with Crippen LogP contribution in [-0.2, 0) is 4.79 Å². The molecule has 1 atom stereocenters. The minimum Gasteiger partial charge on any atom is -0.497 e. The van der Waals surface area contributed by atoms with Crippen molar-refractivity contribution in [1.29, 1.82) is 0 Å². The van der Waals surface area contributed by atoms with Gasteiger partial charge in [0.15, 0.2) is 0 Å². The Bertz CT molecular complexity index is 764. The zero-order valence-corrected chi connectivity index (χ0v) is 15.0. The summed E-state index contributed by atoms with van der Waals surface area (Å²) in [5.41, 5.74) is 1.62. The molecule has 3 rings (SSSR count). The van der Waals surface area contributed by atoms with E-state index >= 15 is 0 Å². The van der Waals surface area contributed by atoms with Gasteiger partial charge in [0.2, 0.25) is 5.91 Å². The Morgan fingerprint density at radius 3 is 2.65 bits per heavy atom. The third-order valence-electron chi connectivity index (χ3n) is 4.63. The fraction of sp³-hybridized carbons (Fsp3) is 0.350. The molecule has 0 spiro atoms. The van der Waals surface area contributed by atoms with Crippen molar-refractivity contribution in [2.45, 2.75) is 18.9 Å². The summed E-state index contributed by atoms with van der Waals surface area (Å²) in [6, 6.07) is 11.6. The number of nitrogens with one attached hydrogen (secondary N) is 1. The molecule has 1 aliphatic heterocycles. The van der Waals surface area contributed by atoms with Gasteiger partial charge in [-0.3, -0.25) is 9.69 Å². The average molecular weight is 358 g/mol. The molecule has 2 aromatic rings. The lowest BCUT2D eigenvalue weighted by molar-refractivity contribution is -0.117. The topological polar surface area (TPSA) is 50.8 Å². The summed E-state index contributed by atoms with van der Waals surface area (Å²) in [6.07, 6.45) is 1.96. The molecule has 1 saturated heterocycles. The van der Waals surface area contributed by atoms with E-state index in [-0.39, 0.29) is 24.3 Å². The first kappa shape index (κ1) is 18.2. The first-order valence-electron chi connectivity index (χ1n) is 8.62. The van der Waals surface area contributed by atoms with Crippen molar-refractivity contribution in [2.75, 3.05) is 32.6 Å². The van der Waals surface area contributed by atoms with Crippen molar-refractivity contribution >= 4 is 11.6 Å². The number of hydrogen-bond acceptors (Lipinski definition) is 4. The maximum Gasteiger partial charge on any atom is 0.238 e. The van der Waals surface area contributed by atoms with Gasteiger partial charge in [-0.1, -0.05) is 0 Å². The standard InChI is InChI=1S/C20H23FN2O3/c1-25-16-9-10-19(26-2)17(12-16)18-4-3-11-23(18)13-20(24)22-15-7-5-14(21)6-8-15/h5-10,12,18H,3-4,11,13H2,1-2H3,(H,22,24)/t18-/m1/s1. The van der Waals surface area contributed by atoms with Crippen LogP contribution in [0.5, 0.6) is 11.5 Å². The van der Waals surface area contributed by atoms with E-state index in [1.54, 1.807) is 26.4 Å². The van der Waals surface area contributed by atoms with Gasteiger partial charge in [0.1, 0.15) is 17.3 Å². The van der Waals surface area contributed by atoms with Gasteiger partial charge < -0.3 is 14.8 Å². The number of carbonyl (C=O) groups excluding carboxylic acids is 1. The molecular weight excluding hydrogens is 335 g/mol. The highest BCUT2D eigenvalue weighted by Gasteiger charge is 2.30. The van der Waals surface area contributed by atoms with E-state index in [1.165, 1.54) is 12.1 Å². The quantitative estimate of drug-likeness (QED) is 0.857. The first-order valence-corrected chi connectivity index (χ1v) is 8.62. The molecule has 0 aromatic heterocycles. The van der Waals surface area contributed by atoms with Crippen LogP contribution < -0.4 is 14.8 Å². The Labute approximate surface area is 152 Å². The Hall–Kier alpha value is -2.60. The highest BCUT2D eigenvalue weighted by atomic mass is 19.1. The van der Waals surface area contributed by atoms with Crippen molar-refractivity contribution in [1.82, 2.24) is 4.90 Å². The van der Waals surface area contributed by atoms with E-state index in [4.69, 9.17) is 9.47 Å². The number of amides is 1. The number of carbonyl (C=O) groups is 1. The number of nitrogens with zero attached hydrogens (tertiary/aromatic N) is 1. The summed E-state index contributed by atoms with van der Waals surface area (Å²) >= 11 is 0. The van der Waals surface area contributed by atoms with Gasteiger partial charge >= 0.3 is 0 Å². The van der Waals surface area contributed by atoms with Crippen LogP contribution in [0.1, 0.15) is 24.4 Å². The number of halogens is 1. The van der Waals surface area contributed by atoms with E-state index in [1.807, 2.05) is 18.2 Å². The Kier molecular flexibility index (Phi) is 5.73. The molecule has 0 unspecified atom stereocenters. The molecule has 0 radical (unpaired) electrons. The predicted octanol–water partition coefficient (Wildman–Crippen LogP) is 3.62. The first-order chi connectivity index (χ1) is 12.6. The van der Waals surface area contributed by atoms with Gasteiger partial charge in [0.25, 0.3) is 0 Å². The number of rotatable bonds is 6. The molecule has 5 nitrogen and oxygen atoms in total. The third kappa shape index (κ3) is 4.14. The molecule has 1 heterocycles. The Morgan fingerprint density at radius 1 is 1.19 bits per heavy atom. The second-order valence-electron chi connectivity index (χ2n) is 6.29. The van der Waals surface area contributed by atoms with Crippen molar-refractivity contribution in [2.24, 2.45) is 0 Å². The fourth-order valence-electron chi connectivity index (χ4n) is 3.39. The average Bonchev–Trinajstić information content (AvgIpc) is 3.10. The maximum absolute atomic E-state index is 13.0. The highest BCUT2D eigenvalue weighted by Crippen LogP contribution is 2.38. The van der Waals surface area contributed by atoms with E-state index in [0.29, 0.717) is 5.69 Å². The van der Waals surface area contributed by atoms with Crippen LogP contribution in [0.2, 0.25) is 0 Å². The zero-order valence-electron chi connectivity index (χ0n) is 15.0. The van der Waals surface area contributed by atoms with Crippen LogP contribution >= 0.6 is 0 Å². The smallest absolute Gasteiger partial charge is 0.238 e. The van der Waals surface area contributed by atoms with E-state index in [0.717, 1.165) is 36.4 Å². The highest BCUT2D eigenvalue weighted by molar-refractivity contribution is 5.92. The van der Waals surface area contributed by atoms with E-state index in [9.17, 15) is 9.18 Å². The van der Waals surface area contributed by atoms with E-state index < -0.39 is 0 Å². The molecule has 1 amide bonds. The summed E-state index contributed by atoms with van der Waals surface area (Å²) in [6.45, 7) is 1.10. The maximum atomic E-state index is 13.0. The van der Waals surface area contributed by atoms with Gasteiger partial charge in [-0.2, -0.15) is 0 Å². The minimum absolute atomic E-state index is 0.0963. The molecule has 1 aliphatic rings. The van der Waals surface area contributed by atoms with Crippen molar-refractivity contribution < 1.29 is 18.7 Å². The normalized spacial score (nSPS) is 17.1. The Balaban J connectivity index is 1.72. The van der Waals surface area contributed by atoms with Crippen LogP contribution in [0.15, 0.2) is 42.5 Å². The molecule has 0 saturated carbocycles. The summed E-state index contributed by atoms with van der Waals surface area (Å²) < 4.78 is 23.8. The Morgan fingerprint density at radius 2 is 1.96 bits per heavy atom. The molecule has 1 fully saturated rings. The summed E-state index contributed by atoms with van der Waals surface area (Å²) in [5, 5.41) is 2.82. The second-order valence-corrected chi connectivity index (χ2v) is 6.29. The molecule has 1 N–H and O–H groups in total. The van der Waals surface area contributed by atoms with Crippen LogP contribution in [0.3, 0.4) is 0 Å². The van der Waals surface area contributed by atoms with Crippen molar-refractivity contribution in [3.05, 3.63) is 53.8 Å². The molecular formula is C20H23FN2O3. The van der Waals surface area contributed by atoms with E-state index in [2.05, 4.69) is 10.2 Å². The zero-order chi connectivity index (χ0) is 18.5. The largest absolute Gasteiger partial charge is 0.497 e. The summed E-state index contributed by atoms with van der Waals surface area (Å²) in [7, 11) is 3.28. The van der Waals surface area contributed by atoms with Crippen molar-refractivity contribution in [3.63, 3.8) is 0 Å². The lowest BCUT2D eigenvalue weighted by atomic mass is 10.0. The van der Waals surface area contributed by atoms with Gasteiger partial charge in [-0.25, -0.2) is 4.39 Å². The van der Waals surface area contributed by atoms with Crippen molar-refractivity contribution in [3.8, 4) is 11.5 Å². The molecule has 6 heteroatoms. The predicted molar refractivity (Wildman–Crippen MR) is 98.1 cm³/mol. The second kappa shape index (κ2) is 8.19. The molecule has 138 valence electrons. The lowest BCUT2D eigenvalue weighted by Crippen LogP contribution is -2.33.